The lowest BCUT2D eigenvalue weighted by Crippen LogP contribution is -2.47. The first-order chi connectivity index (χ1) is 11.1. The number of para-hydroxylation sites is 1. The van der Waals surface area contributed by atoms with Crippen molar-refractivity contribution in [2.45, 2.75) is 31.7 Å². The van der Waals surface area contributed by atoms with Crippen LogP contribution in [0.25, 0.3) is 0 Å². The largest absolute Gasteiger partial charge is 0.369 e. The second-order valence-corrected chi connectivity index (χ2v) is 6.20. The number of benzene rings is 1. The molecule has 2 fully saturated rings. The van der Waals surface area contributed by atoms with Crippen molar-refractivity contribution in [3.05, 3.63) is 30.1 Å². The quantitative estimate of drug-likeness (QED) is 0.916. The van der Waals surface area contributed by atoms with Gasteiger partial charge in [0.05, 0.1) is 12.2 Å². The van der Waals surface area contributed by atoms with Gasteiger partial charge in [-0.1, -0.05) is 12.1 Å². The number of hydrogen-bond acceptors (Lipinski definition) is 3. The fraction of sp³-hybridized carbons (Fsp3) is 0.529. The molecule has 2 amide bonds. The minimum Gasteiger partial charge on any atom is -0.369 e. The maximum Gasteiger partial charge on any atom is 0.239 e. The molecule has 1 N–H and O–H groups in total. The van der Waals surface area contributed by atoms with E-state index < -0.39 is 0 Å². The lowest BCUT2D eigenvalue weighted by molar-refractivity contribution is -0.133. The van der Waals surface area contributed by atoms with Gasteiger partial charge in [-0.05, 0) is 31.4 Å². The van der Waals surface area contributed by atoms with Crippen LogP contribution in [0, 0.1) is 5.82 Å². The van der Waals surface area contributed by atoms with Gasteiger partial charge in [0.1, 0.15) is 5.82 Å². The zero-order valence-electron chi connectivity index (χ0n) is 13.1. The molecule has 0 saturated carbocycles. The van der Waals surface area contributed by atoms with Crippen molar-refractivity contribution in [3.63, 3.8) is 0 Å². The Morgan fingerprint density at radius 3 is 2.61 bits per heavy atom. The van der Waals surface area contributed by atoms with Crippen LogP contribution < -0.4 is 10.2 Å². The van der Waals surface area contributed by atoms with E-state index >= 15 is 0 Å². The number of nitrogens with zero attached hydrogens (tertiary/aromatic N) is 2. The first kappa shape index (κ1) is 15.8. The molecule has 0 atom stereocenters. The summed E-state index contributed by atoms with van der Waals surface area (Å²) in [6, 6.07) is 6.87. The van der Waals surface area contributed by atoms with E-state index in [1.54, 1.807) is 17.0 Å². The summed E-state index contributed by atoms with van der Waals surface area (Å²) in [5.41, 5.74) is 0.625. The SMILES string of the molecule is O=C(CN1CCCC1=O)NC1CCN(c2ccccc2F)CC1. The normalized spacial score (nSPS) is 19.3. The molecule has 2 aliphatic rings. The molecule has 5 nitrogen and oxygen atoms in total. The van der Waals surface area contributed by atoms with Crippen LogP contribution >= 0.6 is 0 Å². The van der Waals surface area contributed by atoms with Crippen molar-refractivity contribution in [3.8, 4) is 0 Å². The molecule has 6 heteroatoms. The van der Waals surface area contributed by atoms with E-state index in [9.17, 15) is 14.0 Å². The van der Waals surface area contributed by atoms with Gasteiger partial charge in [0.25, 0.3) is 0 Å². The second-order valence-electron chi connectivity index (χ2n) is 6.20. The van der Waals surface area contributed by atoms with E-state index in [1.807, 2.05) is 11.0 Å². The molecule has 1 aromatic rings. The van der Waals surface area contributed by atoms with E-state index in [1.165, 1.54) is 6.07 Å². The average molecular weight is 319 g/mol. The van der Waals surface area contributed by atoms with Gasteiger partial charge < -0.3 is 15.1 Å². The van der Waals surface area contributed by atoms with Crippen molar-refractivity contribution >= 4 is 17.5 Å². The van der Waals surface area contributed by atoms with Crippen LogP contribution in [0.3, 0.4) is 0 Å². The van der Waals surface area contributed by atoms with Gasteiger partial charge in [0.2, 0.25) is 11.8 Å². The van der Waals surface area contributed by atoms with Crippen LogP contribution in [0.5, 0.6) is 0 Å². The Kier molecular flexibility index (Phi) is 4.79. The standard InChI is InChI=1S/C17H22FN3O2/c18-14-4-1-2-5-15(14)20-10-7-13(8-11-20)19-16(22)12-21-9-3-6-17(21)23/h1-2,4-5,13H,3,6-12H2,(H,19,22). The Morgan fingerprint density at radius 2 is 1.96 bits per heavy atom. The molecular formula is C17H22FN3O2. The molecule has 1 aromatic carbocycles. The smallest absolute Gasteiger partial charge is 0.239 e. The van der Waals surface area contributed by atoms with Gasteiger partial charge in [-0.25, -0.2) is 4.39 Å². The summed E-state index contributed by atoms with van der Waals surface area (Å²) in [6.45, 7) is 2.27. The highest BCUT2D eigenvalue weighted by atomic mass is 19.1. The second kappa shape index (κ2) is 6.98. The molecule has 0 spiro atoms. The average Bonchev–Trinajstić information content (AvgIpc) is 2.94. The fourth-order valence-electron chi connectivity index (χ4n) is 3.29. The van der Waals surface area contributed by atoms with E-state index in [0.717, 1.165) is 19.3 Å². The van der Waals surface area contributed by atoms with Crippen molar-refractivity contribution in [1.82, 2.24) is 10.2 Å². The fourth-order valence-corrected chi connectivity index (χ4v) is 3.29. The monoisotopic (exact) mass is 319 g/mol. The van der Waals surface area contributed by atoms with E-state index in [4.69, 9.17) is 0 Å². The molecule has 23 heavy (non-hydrogen) atoms. The van der Waals surface area contributed by atoms with Crippen LogP contribution in [-0.2, 0) is 9.59 Å². The molecular weight excluding hydrogens is 297 g/mol. The zero-order valence-corrected chi connectivity index (χ0v) is 13.1. The highest BCUT2D eigenvalue weighted by molar-refractivity contribution is 5.85. The van der Waals surface area contributed by atoms with Crippen LogP contribution in [0.2, 0.25) is 0 Å². The summed E-state index contributed by atoms with van der Waals surface area (Å²) in [5.74, 6) is -0.235. The highest BCUT2D eigenvalue weighted by Crippen LogP contribution is 2.22. The molecule has 2 aliphatic heterocycles. The summed E-state index contributed by atoms with van der Waals surface area (Å²) in [6.07, 6.45) is 2.96. The van der Waals surface area contributed by atoms with Gasteiger partial charge in [-0.3, -0.25) is 9.59 Å². The molecule has 3 rings (SSSR count). The Balaban J connectivity index is 1.46. The van der Waals surface area contributed by atoms with Crippen LogP contribution in [0.4, 0.5) is 10.1 Å². The minimum absolute atomic E-state index is 0.0644. The summed E-state index contributed by atoms with van der Waals surface area (Å²) in [5, 5.41) is 3.00. The molecule has 0 aromatic heterocycles. The number of piperidine rings is 1. The van der Waals surface area contributed by atoms with Gasteiger partial charge in [-0.2, -0.15) is 0 Å². The van der Waals surface area contributed by atoms with E-state index in [0.29, 0.717) is 31.7 Å². The third-order valence-electron chi connectivity index (χ3n) is 4.56. The minimum atomic E-state index is -0.206. The number of amides is 2. The predicted molar refractivity (Wildman–Crippen MR) is 85.6 cm³/mol. The van der Waals surface area contributed by atoms with Gasteiger partial charge in [-0.15, -0.1) is 0 Å². The van der Waals surface area contributed by atoms with Gasteiger partial charge >= 0.3 is 0 Å². The number of carbonyl (C=O) groups excluding carboxylic acids is 2. The Bertz CT molecular complexity index is 585. The van der Waals surface area contributed by atoms with E-state index in [2.05, 4.69) is 5.32 Å². The predicted octanol–water partition coefficient (Wildman–Crippen LogP) is 1.53. The Hall–Kier alpha value is -2.11. The van der Waals surface area contributed by atoms with Crippen molar-refractivity contribution in [1.29, 1.82) is 0 Å². The highest BCUT2D eigenvalue weighted by Gasteiger charge is 2.25. The van der Waals surface area contributed by atoms with Crippen LogP contribution in [0.15, 0.2) is 24.3 Å². The van der Waals surface area contributed by atoms with Crippen molar-refractivity contribution in [2.24, 2.45) is 0 Å². The Morgan fingerprint density at radius 1 is 1.22 bits per heavy atom. The zero-order chi connectivity index (χ0) is 16.2. The van der Waals surface area contributed by atoms with Crippen molar-refractivity contribution in [2.75, 3.05) is 31.1 Å². The first-order valence-electron chi connectivity index (χ1n) is 8.20. The van der Waals surface area contributed by atoms with Crippen LogP contribution in [-0.4, -0.2) is 48.9 Å². The van der Waals surface area contributed by atoms with Gasteiger partial charge in [0.15, 0.2) is 0 Å². The molecule has 2 saturated heterocycles. The molecule has 2 heterocycles. The lowest BCUT2D eigenvalue weighted by Gasteiger charge is -2.34. The number of anilines is 1. The van der Waals surface area contributed by atoms with Crippen LogP contribution in [0.1, 0.15) is 25.7 Å². The number of hydrogen-bond donors (Lipinski definition) is 1. The third-order valence-corrected chi connectivity index (χ3v) is 4.56. The third kappa shape index (κ3) is 3.81. The summed E-state index contributed by atoms with van der Waals surface area (Å²) in [4.78, 5) is 27.2. The molecule has 124 valence electrons. The maximum absolute atomic E-state index is 13.8. The number of rotatable bonds is 4. The molecule has 0 bridgehead atoms. The van der Waals surface area contributed by atoms with Crippen molar-refractivity contribution < 1.29 is 14.0 Å². The first-order valence-corrected chi connectivity index (χ1v) is 8.20. The number of nitrogens with one attached hydrogen (secondary N) is 1. The lowest BCUT2D eigenvalue weighted by atomic mass is 10.0. The number of likely N-dealkylation sites (tertiary alicyclic amines) is 1. The van der Waals surface area contributed by atoms with Gasteiger partial charge in [0, 0.05) is 32.1 Å². The molecule has 0 unspecified atom stereocenters. The topological polar surface area (TPSA) is 52.7 Å². The maximum atomic E-state index is 13.8. The summed E-state index contributed by atoms with van der Waals surface area (Å²) >= 11 is 0. The summed E-state index contributed by atoms with van der Waals surface area (Å²) in [7, 11) is 0. The molecule has 0 radical (unpaired) electrons. The number of carbonyl (C=O) groups is 2. The molecule has 0 aliphatic carbocycles. The number of halogens is 1. The Labute approximate surface area is 135 Å². The van der Waals surface area contributed by atoms with E-state index in [-0.39, 0.29) is 30.2 Å². The summed E-state index contributed by atoms with van der Waals surface area (Å²) < 4.78 is 13.8.